The molecule has 0 aromatic carbocycles. The number of aliphatic imine (C=N–C) groups is 1. The highest BCUT2D eigenvalue weighted by molar-refractivity contribution is 5.88. The lowest BCUT2D eigenvalue weighted by molar-refractivity contribution is 0.580. The predicted molar refractivity (Wildman–Crippen MR) is 46.2 cm³/mol. The zero-order valence-corrected chi connectivity index (χ0v) is 7.39. The van der Waals surface area contributed by atoms with Gasteiger partial charge in [-0.15, -0.1) is 0 Å². The number of nitrogens with zero attached hydrogens (tertiary/aromatic N) is 2. The van der Waals surface area contributed by atoms with Gasteiger partial charge in [0.05, 0.1) is 6.07 Å². The SMILES string of the molecule is CC/N=C(/N)C(C)(C#N)CC. The second kappa shape index (κ2) is 3.97. The molecule has 0 rings (SSSR count). The summed E-state index contributed by atoms with van der Waals surface area (Å²) in [6.45, 7) is 6.28. The Hall–Kier alpha value is -1.04. The normalized spacial score (nSPS) is 17.1. The highest BCUT2D eigenvalue weighted by Gasteiger charge is 2.25. The number of hydrogen-bond donors (Lipinski definition) is 1. The molecule has 0 spiro atoms. The largest absolute Gasteiger partial charge is 0.386 e. The first kappa shape index (κ1) is 9.96. The van der Waals surface area contributed by atoms with Crippen LogP contribution in [0.15, 0.2) is 4.99 Å². The Morgan fingerprint density at radius 3 is 2.45 bits per heavy atom. The number of nitrogens with two attached hydrogens (primary N) is 1. The number of rotatable bonds is 3. The average molecular weight is 153 g/mol. The van der Waals surface area contributed by atoms with E-state index in [0.717, 1.165) is 0 Å². The van der Waals surface area contributed by atoms with Crippen LogP contribution in [0.4, 0.5) is 0 Å². The number of nitriles is 1. The van der Waals surface area contributed by atoms with Crippen LogP contribution in [-0.2, 0) is 0 Å². The van der Waals surface area contributed by atoms with E-state index < -0.39 is 5.41 Å². The van der Waals surface area contributed by atoms with Crippen LogP contribution in [0, 0.1) is 16.7 Å². The molecule has 0 saturated carbocycles. The third kappa shape index (κ3) is 2.23. The standard InChI is InChI=1S/C8H15N3/c1-4-8(3,6-9)7(10)11-5-2/h4-5H2,1-3H3,(H2,10,11). The molecule has 62 valence electrons. The van der Waals surface area contributed by atoms with Crippen molar-refractivity contribution >= 4 is 5.84 Å². The minimum atomic E-state index is -0.573. The summed E-state index contributed by atoms with van der Waals surface area (Å²) in [7, 11) is 0. The van der Waals surface area contributed by atoms with Gasteiger partial charge in [-0.1, -0.05) is 6.92 Å². The molecule has 1 unspecified atom stereocenters. The third-order valence-corrected chi connectivity index (χ3v) is 1.85. The molecule has 0 bridgehead atoms. The van der Waals surface area contributed by atoms with Crippen molar-refractivity contribution in [3.63, 3.8) is 0 Å². The topological polar surface area (TPSA) is 62.2 Å². The monoisotopic (exact) mass is 153 g/mol. The Morgan fingerprint density at radius 2 is 2.18 bits per heavy atom. The summed E-state index contributed by atoms with van der Waals surface area (Å²) in [6.07, 6.45) is 0.707. The molecule has 3 heteroatoms. The fraction of sp³-hybridized carbons (Fsp3) is 0.750. The fourth-order valence-electron chi connectivity index (χ4n) is 0.662. The van der Waals surface area contributed by atoms with Gasteiger partial charge in [-0.05, 0) is 20.3 Å². The Balaban J connectivity index is 4.53. The molecule has 11 heavy (non-hydrogen) atoms. The lowest BCUT2D eigenvalue weighted by Gasteiger charge is -2.17. The zero-order chi connectivity index (χ0) is 8.91. The van der Waals surface area contributed by atoms with Crippen LogP contribution in [0.2, 0.25) is 0 Å². The van der Waals surface area contributed by atoms with Crippen LogP contribution in [-0.4, -0.2) is 12.4 Å². The quantitative estimate of drug-likeness (QED) is 0.490. The molecular weight excluding hydrogens is 138 g/mol. The fourth-order valence-corrected chi connectivity index (χ4v) is 0.662. The van der Waals surface area contributed by atoms with Gasteiger partial charge in [0.15, 0.2) is 0 Å². The third-order valence-electron chi connectivity index (χ3n) is 1.85. The smallest absolute Gasteiger partial charge is 0.114 e. The first-order valence-electron chi connectivity index (χ1n) is 3.82. The Labute approximate surface area is 67.9 Å². The number of hydrogen-bond acceptors (Lipinski definition) is 2. The van der Waals surface area contributed by atoms with Crippen molar-refractivity contribution in [1.82, 2.24) is 0 Å². The number of amidine groups is 1. The van der Waals surface area contributed by atoms with Gasteiger partial charge in [-0.3, -0.25) is 4.99 Å². The molecule has 0 saturated heterocycles. The minimum absolute atomic E-state index is 0.449. The molecule has 0 amide bonds. The lowest BCUT2D eigenvalue weighted by Crippen LogP contribution is -2.32. The lowest BCUT2D eigenvalue weighted by atomic mass is 9.88. The van der Waals surface area contributed by atoms with Crippen molar-refractivity contribution in [2.24, 2.45) is 16.1 Å². The van der Waals surface area contributed by atoms with Gasteiger partial charge in [0.1, 0.15) is 11.3 Å². The molecule has 0 aliphatic rings. The van der Waals surface area contributed by atoms with E-state index in [4.69, 9.17) is 11.0 Å². The van der Waals surface area contributed by atoms with Crippen molar-refractivity contribution < 1.29 is 0 Å². The van der Waals surface area contributed by atoms with E-state index in [9.17, 15) is 0 Å². The van der Waals surface area contributed by atoms with Gasteiger partial charge < -0.3 is 5.73 Å². The molecule has 3 nitrogen and oxygen atoms in total. The van der Waals surface area contributed by atoms with Gasteiger partial charge in [-0.2, -0.15) is 5.26 Å². The van der Waals surface area contributed by atoms with E-state index in [-0.39, 0.29) is 0 Å². The van der Waals surface area contributed by atoms with Crippen molar-refractivity contribution in [2.45, 2.75) is 27.2 Å². The molecule has 0 aromatic rings. The van der Waals surface area contributed by atoms with E-state index in [2.05, 4.69) is 11.1 Å². The van der Waals surface area contributed by atoms with E-state index in [1.54, 1.807) is 0 Å². The summed E-state index contributed by atoms with van der Waals surface area (Å²) in [5, 5.41) is 8.77. The maximum atomic E-state index is 8.77. The van der Waals surface area contributed by atoms with Crippen LogP contribution in [0.25, 0.3) is 0 Å². The van der Waals surface area contributed by atoms with Gasteiger partial charge in [-0.25, -0.2) is 0 Å². The highest BCUT2D eigenvalue weighted by Crippen LogP contribution is 2.19. The van der Waals surface area contributed by atoms with Crippen LogP contribution >= 0.6 is 0 Å². The van der Waals surface area contributed by atoms with Crippen molar-refractivity contribution in [2.75, 3.05) is 6.54 Å². The highest BCUT2D eigenvalue weighted by atomic mass is 14.9. The molecule has 2 N–H and O–H groups in total. The van der Waals surface area contributed by atoms with Crippen LogP contribution < -0.4 is 5.73 Å². The molecular formula is C8H15N3. The maximum absolute atomic E-state index is 8.77. The Bertz CT molecular complexity index is 190. The average Bonchev–Trinajstić information content (AvgIpc) is 2.03. The molecule has 0 fully saturated rings. The maximum Gasteiger partial charge on any atom is 0.114 e. The summed E-state index contributed by atoms with van der Waals surface area (Å²) in [4.78, 5) is 4.01. The minimum Gasteiger partial charge on any atom is -0.386 e. The van der Waals surface area contributed by atoms with Gasteiger partial charge in [0, 0.05) is 6.54 Å². The summed E-state index contributed by atoms with van der Waals surface area (Å²) >= 11 is 0. The first-order valence-corrected chi connectivity index (χ1v) is 3.82. The molecule has 0 heterocycles. The predicted octanol–water partition coefficient (Wildman–Crippen LogP) is 1.30. The van der Waals surface area contributed by atoms with E-state index in [1.165, 1.54) is 0 Å². The zero-order valence-electron chi connectivity index (χ0n) is 7.39. The van der Waals surface area contributed by atoms with Crippen LogP contribution in [0.5, 0.6) is 0 Å². The summed E-state index contributed by atoms with van der Waals surface area (Å²) < 4.78 is 0. The summed E-state index contributed by atoms with van der Waals surface area (Å²) in [5.74, 6) is 0.449. The van der Waals surface area contributed by atoms with Gasteiger partial charge in [0.25, 0.3) is 0 Å². The van der Waals surface area contributed by atoms with Crippen LogP contribution in [0.1, 0.15) is 27.2 Å². The molecule has 0 aliphatic carbocycles. The van der Waals surface area contributed by atoms with Crippen molar-refractivity contribution in [3.8, 4) is 6.07 Å². The molecule has 0 aliphatic heterocycles. The van der Waals surface area contributed by atoms with E-state index in [0.29, 0.717) is 18.8 Å². The molecule has 1 atom stereocenters. The van der Waals surface area contributed by atoms with Crippen molar-refractivity contribution in [1.29, 1.82) is 5.26 Å². The summed E-state index contributed by atoms with van der Waals surface area (Å²) in [6, 6.07) is 2.16. The van der Waals surface area contributed by atoms with Crippen LogP contribution in [0.3, 0.4) is 0 Å². The van der Waals surface area contributed by atoms with Crippen molar-refractivity contribution in [3.05, 3.63) is 0 Å². The van der Waals surface area contributed by atoms with E-state index >= 15 is 0 Å². The molecule has 0 aromatic heterocycles. The van der Waals surface area contributed by atoms with E-state index in [1.807, 2.05) is 20.8 Å². The second-order valence-electron chi connectivity index (χ2n) is 2.66. The van der Waals surface area contributed by atoms with Gasteiger partial charge in [0.2, 0.25) is 0 Å². The van der Waals surface area contributed by atoms with Gasteiger partial charge >= 0.3 is 0 Å². The first-order chi connectivity index (χ1) is 5.10. The summed E-state index contributed by atoms with van der Waals surface area (Å²) in [5.41, 5.74) is 5.04. The Morgan fingerprint density at radius 1 is 1.64 bits per heavy atom. The molecule has 0 radical (unpaired) electrons. The second-order valence-corrected chi connectivity index (χ2v) is 2.66. The Kier molecular flexibility index (Phi) is 3.59.